The minimum atomic E-state index is -4.96. The van der Waals surface area contributed by atoms with Crippen LogP contribution in [0.25, 0.3) is 0 Å². The van der Waals surface area contributed by atoms with Gasteiger partial charge in [0.25, 0.3) is 0 Å². The molecule has 0 amide bonds. The number of rotatable bonds is 81. The van der Waals surface area contributed by atoms with Crippen molar-refractivity contribution in [3.63, 3.8) is 0 Å². The lowest BCUT2D eigenvalue weighted by Gasteiger charge is -2.21. The van der Waals surface area contributed by atoms with Crippen LogP contribution in [0.15, 0.2) is 0 Å². The van der Waals surface area contributed by atoms with E-state index in [4.69, 9.17) is 37.0 Å². The number of carbonyl (C=O) groups is 4. The Hall–Kier alpha value is -1.94. The van der Waals surface area contributed by atoms with Crippen LogP contribution >= 0.6 is 15.6 Å². The van der Waals surface area contributed by atoms with Gasteiger partial charge in [-0.3, -0.25) is 37.3 Å². The Kier molecular flexibility index (Phi) is 72.5. The van der Waals surface area contributed by atoms with Crippen LogP contribution in [0.3, 0.4) is 0 Å². The molecular weight excluding hydrogens is 1310 g/mol. The smallest absolute Gasteiger partial charge is 0.462 e. The summed E-state index contributed by atoms with van der Waals surface area (Å²) in [5.74, 6) is -1.35. The fraction of sp³-hybridized carbons (Fsp3) is 0.951. The monoisotopic (exact) mass is 1470 g/mol. The molecule has 0 heterocycles. The Bertz CT molecular complexity index is 1910. The molecule has 0 aromatic heterocycles. The van der Waals surface area contributed by atoms with Crippen molar-refractivity contribution in [2.75, 3.05) is 39.6 Å². The third-order valence-corrected chi connectivity index (χ3v) is 21.3. The molecule has 0 spiro atoms. The first kappa shape index (κ1) is 98.1. The number of unbranched alkanes of at least 4 members (excludes halogenated alkanes) is 52. The van der Waals surface area contributed by atoms with Gasteiger partial charge in [0.05, 0.1) is 26.4 Å². The summed E-state index contributed by atoms with van der Waals surface area (Å²) in [4.78, 5) is 72.8. The largest absolute Gasteiger partial charge is 0.472 e. The van der Waals surface area contributed by atoms with Crippen molar-refractivity contribution in [3.05, 3.63) is 0 Å². The number of phosphoric ester groups is 2. The number of hydrogen-bond acceptors (Lipinski definition) is 15. The fourth-order valence-corrected chi connectivity index (χ4v) is 14.1. The maximum atomic E-state index is 13.1. The molecule has 0 radical (unpaired) electrons. The lowest BCUT2D eigenvalue weighted by atomic mass is 9.99. The molecule has 100 heavy (non-hydrogen) atoms. The number of ether oxygens (including phenoxy) is 4. The van der Waals surface area contributed by atoms with Gasteiger partial charge in [-0.1, -0.05) is 381 Å². The number of carbonyl (C=O) groups excluding carboxylic acids is 4. The molecule has 6 atom stereocenters. The van der Waals surface area contributed by atoms with E-state index in [0.29, 0.717) is 25.7 Å². The molecule has 0 aliphatic carbocycles. The Morgan fingerprint density at radius 2 is 0.480 bits per heavy atom. The first-order chi connectivity index (χ1) is 48.6. The molecule has 17 nitrogen and oxygen atoms in total. The second-order valence-corrected chi connectivity index (χ2v) is 32.3. The van der Waals surface area contributed by atoms with Crippen LogP contribution in [0, 0.1) is 5.92 Å². The number of esters is 4. The van der Waals surface area contributed by atoms with Gasteiger partial charge in [0, 0.05) is 25.7 Å². The van der Waals surface area contributed by atoms with Gasteiger partial charge in [-0.25, -0.2) is 9.13 Å². The highest BCUT2D eigenvalue weighted by molar-refractivity contribution is 7.47. The molecule has 0 rings (SSSR count). The topological polar surface area (TPSA) is 237 Å². The number of aliphatic hydroxyl groups is 1. The van der Waals surface area contributed by atoms with E-state index in [1.165, 1.54) is 244 Å². The Labute approximate surface area is 613 Å². The molecule has 0 aromatic carbocycles. The van der Waals surface area contributed by atoms with Crippen molar-refractivity contribution >= 4 is 39.5 Å². The van der Waals surface area contributed by atoms with E-state index in [1.54, 1.807) is 0 Å². The maximum Gasteiger partial charge on any atom is 0.472 e. The van der Waals surface area contributed by atoms with E-state index in [2.05, 4.69) is 34.6 Å². The summed E-state index contributed by atoms with van der Waals surface area (Å²) < 4.78 is 68.6. The summed E-state index contributed by atoms with van der Waals surface area (Å²) in [7, 11) is -9.91. The highest BCUT2D eigenvalue weighted by Crippen LogP contribution is 2.45. The van der Waals surface area contributed by atoms with Gasteiger partial charge in [-0.05, 0) is 31.6 Å². The zero-order valence-electron chi connectivity index (χ0n) is 65.3. The molecule has 0 aliphatic rings. The quantitative estimate of drug-likeness (QED) is 0.0222. The van der Waals surface area contributed by atoms with Crippen molar-refractivity contribution < 1.29 is 80.2 Å². The first-order valence-corrected chi connectivity index (χ1v) is 45.2. The van der Waals surface area contributed by atoms with Crippen molar-refractivity contribution in [2.24, 2.45) is 5.92 Å². The molecule has 3 N–H and O–H groups in total. The van der Waals surface area contributed by atoms with E-state index in [-0.39, 0.29) is 25.7 Å². The molecule has 0 saturated heterocycles. The third kappa shape index (κ3) is 73.0. The molecule has 3 unspecified atom stereocenters. The molecule has 0 aromatic rings. The maximum absolute atomic E-state index is 13.1. The SMILES string of the molecule is CCCCCCCCCCCCCCCCCCCCCCCC(=O)O[C@H](COC(=O)CCCCCCCCCCCCCCCCCCCCCC)COP(=O)(O)OC[C@@H](O)COP(=O)(O)OC[C@@H](COC(=O)CCCCCCCCC)OC(=O)CCCCCCCCCCC(C)CC. The summed E-state index contributed by atoms with van der Waals surface area (Å²) in [5, 5.41) is 10.6. The van der Waals surface area contributed by atoms with E-state index < -0.39 is 97.5 Å². The van der Waals surface area contributed by atoms with Crippen molar-refractivity contribution in [3.8, 4) is 0 Å². The van der Waals surface area contributed by atoms with Gasteiger partial charge in [-0.2, -0.15) is 0 Å². The summed E-state index contributed by atoms with van der Waals surface area (Å²) in [6.45, 7) is 7.27. The van der Waals surface area contributed by atoms with Crippen LogP contribution in [-0.4, -0.2) is 96.7 Å². The summed E-state index contributed by atoms with van der Waals surface area (Å²) in [6.07, 6.45) is 65.6. The fourth-order valence-electron chi connectivity index (χ4n) is 12.6. The van der Waals surface area contributed by atoms with Crippen molar-refractivity contribution in [1.29, 1.82) is 0 Å². The van der Waals surface area contributed by atoms with E-state index in [9.17, 15) is 43.2 Å². The predicted octanol–water partition coefficient (Wildman–Crippen LogP) is 24.4. The molecule has 0 saturated carbocycles. The number of aliphatic hydroxyl groups excluding tert-OH is 1. The zero-order chi connectivity index (χ0) is 73.4. The second-order valence-electron chi connectivity index (χ2n) is 29.4. The minimum absolute atomic E-state index is 0.105. The normalized spacial score (nSPS) is 14.1. The van der Waals surface area contributed by atoms with Crippen LogP contribution in [0.1, 0.15) is 433 Å². The van der Waals surface area contributed by atoms with E-state index in [0.717, 1.165) is 109 Å². The van der Waals surface area contributed by atoms with E-state index >= 15 is 0 Å². The molecule has 19 heteroatoms. The lowest BCUT2D eigenvalue weighted by molar-refractivity contribution is -0.161. The number of hydrogen-bond donors (Lipinski definition) is 3. The van der Waals surface area contributed by atoms with Gasteiger partial charge in [0.1, 0.15) is 19.3 Å². The van der Waals surface area contributed by atoms with Gasteiger partial charge in [0.2, 0.25) is 0 Å². The lowest BCUT2D eigenvalue weighted by Crippen LogP contribution is -2.30. The molecule has 0 fully saturated rings. The summed E-state index contributed by atoms with van der Waals surface area (Å²) in [6, 6.07) is 0. The highest BCUT2D eigenvalue weighted by Gasteiger charge is 2.30. The number of phosphoric acid groups is 2. The average Bonchev–Trinajstić information content (AvgIpc) is 0.914. The van der Waals surface area contributed by atoms with Crippen molar-refractivity contribution in [1.82, 2.24) is 0 Å². The standard InChI is InChI=1S/C81H158O17P2/c1-6-10-13-16-19-21-23-25-27-29-31-33-35-37-39-41-43-45-51-56-61-66-80(85)97-77(71-92-79(84)65-60-55-50-44-42-40-38-36-34-32-30-28-26-24-22-20-17-14-11-7-2)73-96-100(89,90)94-69-75(82)68-93-99(87,88)95-72-76(70-91-78(83)64-59-54-48-18-15-12-8-3)98-81(86)67-62-57-52-47-46-49-53-58-63-74(5)9-4/h74-77,82H,6-73H2,1-5H3,(H,87,88)(H,89,90)/t74?,75-,76+,77+/m0/s1. The van der Waals surface area contributed by atoms with Crippen LogP contribution < -0.4 is 0 Å². The van der Waals surface area contributed by atoms with Gasteiger partial charge < -0.3 is 33.8 Å². The Morgan fingerprint density at radius 3 is 0.710 bits per heavy atom. The zero-order valence-corrected chi connectivity index (χ0v) is 67.1. The Morgan fingerprint density at radius 1 is 0.280 bits per heavy atom. The van der Waals surface area contributed by atoms with E-state index in [1.807, 2.05) is 0 Å². The van der Waals surface area contributed by atoms with Crippen LogP contribution in [0.5, 0.6) is 0 Å². The minimum Gasteiger partial charge on any atom is -0.462 e. The van der Waals surface area contributed by atoms with Crippen LogP contribution in [0.2, 0.25) is 0 Å². The first-order valence-electron chi connectivity index (χ1n) is 42.2. The van der Waals surface area contributed by atoms with Crippen LogP contribution in [-0.2, 0) is 65.4 Å². The molecule has 594 valence electrons. The molecule has 0 aliphatic heterocycles. The Balaban J connectivity index is 5.15. The molecule has 0 bridgehead atoms. The predicted molar refractivity (Wildman–Crippen MR) is 409 cm³/mol. The average molecular weight is 1470 g/mol. The van der Waals surface area contributed by atoms with Crippen LogP contribution in [0.4, 0.5) is 0 Å². The highest BCUT2D eigenvalue weighted by atomic mass is 31.2. The van der Waals surface area contributed by atoms with Gasteiger partial charge in [-0.15, -0.1) is 0 Å². The summed E-state index contributed by atoms with van der Waals surface area (Å²) in [5.41, 5.74) is 0. The van der Waals surface area contributed by atoms with Gasteiger partial charge >= 0.3 is 39.5 Å². The second kappa shape index (κ2) is 73.9. The third-order valence-electron chi connectivity index (χ3n) is 19.4. The summed E-state index contributed by atoms with van der Waals surface area (Å²) >= 11 is 0. The molecular formula is C81H158O17P2. The van der Waals surface area contributed by atoms with Crippen molar-refractivity contribution in [2.45, 2.75) is 451 Å². The van der Waals surface area contributed by atoms with Gasteiger partial charge in [0.15, 0.2) is 12.2 Å².